The molecule has 1 aliphatic carbocycles. The van der Waals surface area contributed by atoms with E-state index in [1.165, 1.54) is 41.5 Å². The second-order valence-corrected chi connectivity index (χ2v) is 7.77. The van der Waals surface area contributed by atoms with Crippen LogP contribution in [-0.4, -0.2) is 5.92 Å². The molecule has 3 rings (SSSR count). The Morgan fingerprint density at radius 2 is 1.48 bits per heavy atom. The zero-order chi connectivity index (χ0) is 19.1. The zero-order valence-corrected chi connectivity index (χ0v) is 16.3. The minimum Gasteiger partial charge on any atom is -0.207 e. The molecule has 1 fully saturated rings. The summed E-state index contributed by atoms with van der Waals surface area (Å²) in [7, 11) is 0. The Kier molecular flexibility index (Phi) is 6.82. The maximum Gasteiger partial charge on any atom is 0.248 e. The van der Waals surface area contributed by atoms with Gasteiger partial charge in [-0.2, -0.15) is 0 Å². The van der Waals surface area contributed by atoms with Crippen LogP contribution in [0.1, 0.15) is 75.3 Å². The van der Waals surface area contributed by atoms with Gasteiger partial charge in [-0.15, -0.1) is 0 Å². The largest absolute Gasteiger partial charge is 0.248 e. The second-order valence-electron chi connectivity index (χ2n) is 7.77. The topological polar surface area (TPSA) is 0 Å². The van der Waals surface area contributed by atoms with Crippen LogP contribution in [0.25, 0.3) is 17.2 Å². The highest BCUT2D eigenvalue weighted by molar-refractivity contribution is 5.66. The van der Waals surface area contributed by atoms with Gasteiger partial charge in [0.05, 0.1) is 0 Å². The molecule has 2 aromatic carbocycles. The van der Waals surface area contributed by atoms with E-state index in [2.05, 4.69) is 67.6 Å². The highest BCUT2D eigenvalue weighted by Crippen LogP contribution is 2.41. The number of halogens is 2. The van der Waals surface area contributed by atoms with Crippen molar-refractivity contribution in [3.63, 3.8) is 0 Å². The number of hydrogen-bond donors (Lipinski definition) is 0. The van der Waals surface area contributed by atoms with E-state index in [0.29, 0.717) is 12.8 Å². The number of unbranched alkanes of at least 4 members (excludes halogenated alkanes) is 3. The fraction of sp³-hybridized carbons (Fsp3) is 0.440. The summed E-state index contributed by atoms with van der Waals surface area (Å²) < 4.78 is 26.7. The lowest BCUT2D eigenvalue weighted by atomic mass is 9.82. The van der Waals surface area contributed by atoms with Crippen LogP contribution in [0.3, 0.4) is 0 Å². The first kappa shape index (κ1) is 19.8. The van der Waals surface area contributed by atoms with Crippen LogP contribution in [-0.2, 0) is 0 Å². The maximum atomic E-state index is 13.3. The molecule has 2 heteroatoms. The van der Waals surface area contributed by atoms with Crippen molar-refractivity contribution in [2.45, 2.75) is 70.1 Å². The lowest BCUT2D eigenvalue weighted by Crippen LogP contribution is -2.23. The van der Waals surface area contributed by atoms with Gasteiger partial charge in [0, 0.05) is 12.8 Å². The molecule has 0 unspecified atom stereocenters. The summed E-state index contributed by atoms with van der Waals surface area (Å²) in [5.41, 5.74) is 4.80. The average molecular weight is 369 g/mol. The summed E-state index contributed by atoms with van der Waals surface area (Å²) >= 11 is 0. The molecule has 0 radical (unpaired) electrons. The second kappa shape index (κ2) is 9.30. The Hall–Kier alpha value is -1.96. The van der Waals surface area contributed by atoms with Gasteiger partial charge in [0.2, 0.25) is 5.92 Å². The van der Waals surface area contributed by atoms with E-state index in [4.69, 9.17) is 0 Å². The molecule has 0 bridgehead atoms. The van der Waals surface area contributed by atoms with Crippen molar-refractivity contribution in [3.8, 4) is 11.1 Å². The summed E-state index contributed by atoms with van der Waals surface area (Å²) in [5.74, 6) is -2.18. The van der Waals surface area contributed by atoms with Gasteiger partial charge in [-0.25, -0.2) is 8.78 Å². The predicted octanol–water partition coefficient (Wildman–Crippen LogP) is 8.24. The smallest absolute Gasteiger partial charge is 0.207 e. The molecule has 0 spiro atoms. The third kappa shape index (κ3) is 5.76. The Balaban J connectivity index is 1.58. The van der Waals surface area contributed by atoms with Gasteiger partial charge in [0.25, 0.3) is 0 Å². The van der Waals surface area contributed by atoms with Crippen LogP contribution in [0.2, 0.25) is 0 Å². The Morgan fingerprint density at radius 3 is 2.07 bits per heavy atom. The van der Waals surface area contributed by atoms with Crippen LogP contribution in [0, 0.1) is 0 Å². The molecule has 1 aliphatic rings. The van der Waals surface area contributed by atoms with E-state index >= 15 is 0 Å². The molecule has 1 saturated carbocycles. The van der Waals surface area contributed by atoms with Crippen LogP contribution < -0.4 is 0 Å². The van der Waals surface area contributed by atoms with Gasteiger partial charge in [-0.1, -0.05) is 80.4 Å². The number of hydrogen-bond acceptors (Lipinski definition) is 0. The minimum atomic E-state index is -2.46. The van der Waals surface area contributed by atoms with Gasteiger partial charge in [-0.3, -0.25) is 0 Å². The molecule has 0 heterocycles. The first-order valence-electron chi connectivity index (χ1n) is 10.3. The van der Waals surface area contributed by atoms with Crippen molar-refractivity contribution in [2.75, 3.05) is 0 Å². The molecule has 2 aromatic rings. The van der Waals surface area contributed by atoms with E-state index in [0.717, 1.165) is 6.42 Å². The van der Waals surface area contributed by atoms with E-state index in [9.17, 15) is 8.78 Å². The zero-order valence-electron chi connectivity index (χ0n) is 16.3. The number of alkyl halides is 2. The molecule has 0 saturated heterocycles. The molecular formula is C25H30F2. The fourth-order valence-electron chi connectivity index (χ4n) is 3.84. The molecular weight excluding hydrogens is 338 g/mol. The van der Waals surface area contributed by atoms with Crippen molar-refractivity contribution < 1.29 is 8.78 Å². The van der Waals surface area contributed by atoms with Gasteiger partial charge >= 0.3 is 0 Å². The van der Waals surface area contributed by atoms with Crippen molar-refractivity contribution in [2.24, 2.45) is 0 Å². The third-order valence-corrected chi connectivity index (χ3v) is 5.63. The molecule has 27 heavy (non-hydrogen) atoms. The average Bonchev–Trinajstić information content (AvgIpc) is 2.69. The summed E-state index contributed by atoms with van der Waals surface area (Å²) in [6, 6.07) is 17.1. The number of allylic oxidation sites excluding steroid dienone is 1. The van der Waals surface area contributed by atoms with Gasteiger partial charge < -0.3 is 0 Å². The fourth-order valence-corrected chi connectivity index (χ4v) is 3.84. The number of benzene rings is 2. The predicted molar refractivity (Wildman–Crippen MR) is 111 cm³/mol. The lowest BCUT2D eigenvalue weighted by molar-refractivity contribution is -0.0382. The summed E-state index contributed by atoms with van der Waals surface area (Å²) in [5, 5.41) is 0. The van der Waals surface area contributed by atoms with Crippen LogP contribution in [0.5, 0.6) is 0 Å². The molecule has 0 aromatic heterocycles. The Bertz CT molecular complexity index is 716. The highest BCUT2D eigenvalue weighted by atomic mass is 19.3. The van der Waals surface area contributed by atoms with Crippen LogP contribution in [0.15, 0.2) is 54.6 Å². The molecule has 0 atom stereocenters. The monoisotopic (exact) mass is 368 g/mol. The van der Waals surface area contributed by atoms with Crippen molar-refractivity contribution in [3.05, 3.63) is 65.7 Å². The van der Waals surface area contributed by atoms with E-state index in [1.54, 1.807) is 0 Å². The van der Waals surface area contributed by atoms with Gasteiger partial charge in [0.15, 0.2) is 0 Å². The standard InChI is InChI=1S/C25H30F2/c1-2-3-4-5-6-7-20-8-10-21(11-9-20)22-12-14-23(15-13-22)24-16-18-25(26,27)19-17-24/h6-15,24H,2-5,16-19H2,1H3/b7-6+. The normalized spacial score (nSPS) is 17.4. The highest BCUT2D eigenvalue weighted by Gasteiger charge is 2.35. The quantitative estimate of drug-likeness (QED) is 0.432. The van der Waals surface area contributed by atoms with Crippen molar-refractivity contribution >= 4 is 6.08 Å². The summed E-state index contributed by atoms with van der Waals surface area (Å²) in [6.45, 7) is 2.22. The van der Waals surface area contributed by atoms with Crippen molar-refractivity contribution in [1.82, 2.24) is 0 Å². The Morgan fingerprint density at radius 1 is 0.889 bits per heavy atom. The molecule has 144 valence electrons. The van der Waals surface area contributed by atoms with Crippen LogP contribution in [0.4, 0.5) is 8.78 Å². The van der Waals surface area contributed by atoms with Crippen molar-refractivity contribution in [1.29, 1.82) is 0 Å². The van der Waals surface area contributed by atoms with E-state index in [1.807, 2.05) is 0 Å². The maximum absolute atomic E-state index is 13.3. The third-order valence-electron chi connectivity index (χ3n) is 5.63. The molecule has 0 nitrogen and oxygen atoms in total. The number of rotatable bonds is 7. The lowest BCUT2D eigenvalue weighted by Gasteiger charge is -2.28. The van der Waals surface area contributed by atoms with Crippen LogP contribution >= 0.6 is 0 Å². The van der Waals surface area contributed by atoms with E-state index < -0.39 is 5.92 Å². The van der Waals surface area contributed by atoms with Gasteiger partial charge in [0.1, 0.15) is 0 Å². The molecule has 0 amide bonds. The first-order valence-corrected chi connectivity index (χ1v) is 10.3. The SMILES string of the molecule is CCCCC/C=C/c1ccc(-c2ccc(C3CCC(F)(F)CC3)cc2)cc1. The minimum absolute atomic E-state index is 0.0207. The van der Waals surface area contributed by atoms with E-state index in [-0.39, 0.29) is 18.8 Å². The summed E-state index contributed by atoms with van der Waals surface area (Å²) in [4.78, 5) is 0. The molecule has 0 N–H and O–H groups in total. The first-order chi connectivity index (χ1) is 13.1. The summed E-state index contributed by atoms with van der Waals surface area (Å²) in [6.07, 6.45) is 10.6. The Labute approximate surface area is 162 Å². The van der Waals surface area contributed by atoms with Gasteiger partial charge in [-0.05, 0) is 53.9 Å². The molecule has 0 aliphatic heterocycles.